The van der Waals surface area contributed by atoms with Gasteiger partial charge in [0.15, 0.2) is 0 Å². The zero-order valence-electron chi connectivity index (χ0n) is 10.6. The van der Waals surface area contributed by atoms with Crippen molar-refractivity contribution in [3.05, 3.63) is 12.3 Å². The molecule has 0 aliphatic rings. The van der Waals surface area contributed by atoms with Crippen molar-refractivity contribution in [2.45, 2.75) is 46.1 Å². The summed E-state index contributed by atoms with van der Waals surface area (Å²) in [4.78, 5) is 8.47. The summed E-state index contributed by atoms with van der Waals surface area (Å²) in [6.45, 7) is 9.02. The molecule has 16 heavy (non-hydrogen) atoms. The maximum Gasteiger partial charge on any atom is 0.226 e. The van der Waals surface area contributed by atoms with E-state index in [2.05, 4.69) is 36.1 Å². The second-order valence-corrected chi connectivity index (χ2v) is 4.41. The Morgan fingerprint density at radius 1 is 1.38 bits per heavy atom. The van der Waals surface area contributed by atoms with E-state index < -0.39 is 0 Å². The minimum atomic E-state index is 0.0135. The van der Waals surface area contributed by atoms with Crippen LogP contribution in [0.4, 0.5) is 5.95 Å². The van der Waals surface area contributed by atoms with Crippen LogP contribution in [0.25, 0.3) is 0 Å². The van der Waals surface area contributed by atoms with E-state index in [-0.39, 0.29) is 5.54 Å². The number of ether oxygens (including phenoxy) is 1. The molecule has 1 aromatic heterocycles. The van der Waals surface area contributed by atoms with Gasteiger partial charge in [0.25, 0.3) is 0 Å². The lowest BCUT2D eigenvalue weighted by molar-refractivity contribution is 0.326. The first-order chi connectivity index (χ1) is 7.57. The van der Waals surface area contributed by atoms with E-state index in [4.69, 9.17) is 4.74 Å². The Hall–Kier alpha value is -1.32. The predicted octanol–water partition coefficient (Wildman–Crippen LogP) is 2.87. The fourth-order valence-corrected chi connectivity index (χ4v) is 1.62. The molecule has 4 heteroatoms. The van der Waals surface area contributed by atoms with Crippen LogP contribution >= 0.6 is 0 Å². The van der Waals surface area contributed by atoms with Gasteiger partial charge >= 0.3 is 0 Å². The second kappa shape index (κ2) is 5.68. The van der Waals surface area contributed by atoms with Gasteiger partial charge in [0, 0.05) is 17.8 Å². The topological polar surface area (TPSA) is 47.0 Å². The predicted molar refractivity (Wildman–Crippen MR) is 65.8 cm³/mol. The summed E-state index contributed by atoms with van der Waals surface area (Å²) < 4.78 is 5.33. The molecule has 1 aromatic rings. The summed E-state index contributed by atoms with van der Waals surface area (Å²) in [5, 5.41) is 3.32. The molecule has 0 saturated heterocycles. The number of nitrogens with zero attached hydrogens (tertiary/aromatic N) is 2. The summed E-state index contributed by atoms with van der Waals surface area (Å²) in [7, 11) is 0. The molecule has 0 aliphatic heterocycles. The van der Waals surface area contributed by atoms with Gasteiger partial charge in [-0.25, -0.2) is 4.98 Å². The van der Waals surface area contributed by atoms with E-state index >= 15 is 0 Å². The van der Waals surface area contributed by atoms with Crippen molar-refractivity contribution in [3.63, 3.8) is 0 Å². The quantitative estimate of drug-likeness (QED) is 0.805. The van der Waals surface area contributed by atoms with E-state index in [1.807, 2.05) is 6.92 Å². The average molecular weight is 223 g/mol. The lowest BCUT2D eigenvalue weighted by Gasteiger charge is -2.25. The highest BCUT2D eigenvalue weighted by molar-refractivity contribution is 5.30. The van der Waals surface area contributed by atoms with Crippen LogP contribution in [-0.4, -0.2) is 22.1 Å². The number of hydrogen-bond donors (Lipinski definition) is 1. The van der Waals surface area contributed by atoms with Crippen molar-refractivity contribution < 1.29 is 4.74 Å². The van der Waals surface area contributed by atoms with Gasteiger partial charge in [-0.1, -0.05) is 13.3 Å². The Labute approximate surface area is 97.5 Å². The van der Waals surface area contributed by atoms with Crippen molar-refractivity contribution in [2.24, 2.45) is 0 Å². The molecule has 0 aliphatic carbocycles. The summed E-state index contributed by atoms with van der Waals surface area (Å²) in [6.07, 6.45) is 3.92. The third-order valence-corrected chi connectivity index (χ3v) is 2.25. The first kappa shape index (κ1) is 12.7. The van der Waals surface area contributed by atoms with Crippen LogP contribution in [0, 0.1) is 0 Å². The van der Waals surface area contributed by atoms with Gasteiger partial charge < -0.3 is 10.1 Å². The fraction of sp³-hybridized carbons (Fsp3) is 0.667. The molecule has 0 amide bonds. The number of nitrogens with one attached hydrogen (secondary N) is 1. The number of aromatic nitrogens is 2. The fourth-order valence-electron chi connectivity index (χ4n) is 1.62. The normalized spacial score (nSPS) is 11.2. The van der Waals surface area contributed by atoms with Crippen molar-refractivity contribution >= 4 is 5.95 Å². The van der Waals surface area contributed by atoms with Crippen LogP contribution in [-0.2, 0) is 0 Å². The second-order valence-electron chi connectivity index (χ2n) is 4.41. The van der Waals surface area contributed by atoms with E-state index in [0.717, 1.165) is 12.8 Å². The molecule has 0 fully saturated rings. The molecule has 0 saturated carbocycles. The molecule has 1 rings (SSSR count). The largest absolute Gasteiger partial charge is 0.478 e. The summed E-state index contributed by atoms with van der Waals surface area (Å²) in [6, 6.07) is 1.77. The SMILES string of the molecule is CCCC(C)(C)Nc1nccc(OCC)n1. The van der Waals surface area contributed by atoms with Gasteiger partial charge in [-0.15, -0.1) is 0 Å². The summed E-state index contributed by atoms with van der Waals surface area (Å²) >= 11 is 0. The molecule has 0 aromatic carbocycles. The van der Waals surface area contributed by atoms with Crippen molar-refractivity contribution in [3.8, 4) is 5.88 Å². The monoisotopic (exact) mass is 223 g/mol. The number of rotatable bonds is 6. The highest BCUT2D eigenvalue weighted by Crippen LogP contribution is 2.17. The summed E-state index contributed by atoms with van der Waals surface area (Å²) in [5.74, 6) is 1.25. The standard InChI is InChI=1S/C12H21N3O/c1-5-8-12(3,4)15-11-13-9-7-10(14-11)16-6-2/h7,9H,5-6,8H2,1-4H3,(H,13,14,15). The third kappa shape index (κ3) is 4.04. The zero-order valence-corrected chi connectivity index (χ0v) is 10.6. The minimum Gasteiger partial charge on any atom is -0.478 e. The minimum absolute atomic E-state index is 0.0135. The van der Waals surface area contributed by atoms with E-state index in [0.29, 0.717) is 18.4 Å². The van der Waals surface area contributed by atoms with Crippen molar-refractivity contribution in [1.29, 1.82) is 0 Å². The Balaban J connectivity index is 2.69. The maximum absolute atomic E-state index is 5.33. The van der Waals surface area contributed by atoms with Gasteiger partial charge in [-0.2, -0.15) is 4.98 Å². The Morgan fingerprint density at radius 2 is 2.12 bits per heavy atom. The van der Waals surface area contributed by atoms with Gasteiger partial charge in [-0.05, 0) is 27.2 Å². The third-order valence-electron chi connectivity index (χ3n) is 2.25. The molecular weight excluding hydrogens is 202 g/mol. The van der Waals surface area contributed by atoms with Gasteiger partial charge in [0.1, 0.15) is 0 Å². The van der Waals surface area contributed by atoms with Crippen LogP contribution in [0.3, 0.4) is 0 Å². The van der Waals surface area contributed by atoms with Crippen molar-refractivity contribution in [1.82, 2.24) is 9.97 Å². The van der Waals surface area contributed by atoms with E-state index in [1.54, 1.807) is 12.3 Å². The van der Waals surface area contributed by atoms with Gasteiger partial charge in [0.2, 0.25) is 11.8 Å². The molecular formula is C12H21N3O. The molecule has 0 spiro atoms. The highest BCUT2D eigenvalue weighted by Gasteiger charge is 2.17. The zero-order chi connectivity index (χ0) is 12.0. The first-order valence-corrected chi connectivity index (χ1v) is 5.81. The van der Waals surface area contributed by atoms with Crippen LogP contribution in [0.1, 0.15) is 40.5 Å². The average Bonchev–Trinajstić information content (AvgIpc) is 2.17. The Morgan fingerprint density at radius 3 is 2.75 bits per heavy atom. The van der Waals surface area contributed by atoms with Crippen LogP contribution in [0.5, 0.6) is 5.88 Å². The molecule has 1 N–H and O–H groups in total. The Kier molecular flexibility index (Phi) is 4.52. The first-order valence-electron chi connectivity index (χ1n) is 5.81. The van der Waals surface area contributed by atoms with Crippen LogP contribution < -0.4 is 10.1 Å². The molecule has 1 heterocycles. The number of anilines is 1. The molecule has 0 radical (unpaired) electrons. The van der Waals surface area contributed by atoms with Gasteiger partial charge in [0.05, 0.1) is 6.61 Å². The smallest absolute Gasteiger partial charge is 0.226 e. The van der Waals surface area contributed by atoms with Crippen LogP contribution in [0.15, 0.2) is 12.3 Å². The maximum atomic E-state index is 5.33. The summed E-state index contributed by atoms with van der Waals surface area (Å²) in [5.41, 5.74) is 0.0135. The molecule has 0 bridgehead atoms. The lowest BCUT2D eigenvalue weighted by Crippen LogP contribution is -2.31. The molecule has 0 unspecified atom stereocenters. The lowest BCUT2D eigenvalue weighted by atomic mass is 9.99. The molecule has 0 atom stereocenters. The Bertz CT molecular complexity index is 326. The van der Waals surface area contributed by atoms with E-state index in [1.165, 1.54) is 0 Å². The highest BCUT2D eigenvalue weighted by atomic mass is 16.5. The molecule has 90 valence electrons. The number of hydrogen-bond acceptors (Lipinski definition) is 4. The van der Waals surface area contributed by atoms with Crippen molar-refractivity contribution in [2.75, 3.05) is 11.9 Å². The van der Waals surface area contributed by atoms with E-state index in [9.17, 15) is 0 Å². The molecule has 4 nitrogen and oxygen atoms in total. The van der Waals surface area contributed by atoms with Crippen LogP contribution in [0.2, 0.25) is 0 Å². The van der Waals surface area contributed by atoms with Gasteiger partial charge in [-0.3, -0.25) is 0 Å².